The van der Waals surface area contributed by atoms with Crippen molar-refractivity contribution in [1.29, 1.82) is 0 Å². The minimum Gasteiger partial charge on any atom is -0.393 e. The first kappa shape index (κ1) is 23.3. The fraction of sp³-hybridized carbons (Fsp3) is 0.828. The number of carbonyl (C=O) groups is 1. The zero-order chi connectivity index (χ0) is 22.7. The molecule has 2 nitrogen and oxygen atoms in total. The molecule has 1 N–H and O–H groups in total. The number of rotatable bonds is 5. The normalized spacial score (nSPS) is 43.3. The van der Waals surface area contributed by atoms with Gasteiger partial charge in [0.1, 0.15) is 0 Å². The van der Waals surface area contributed by atoms with Crippen molar-refractivity contribution in [3.8, 4) is 0 Å². The fourth-order valence-electron chi connectivity index (χ4n) is 8.79. The van der Waals surface area contributed by atoms with Gasteiger partial charge in [-0.25, -0.2) is 0 Å². The van der Waals surface area contributed by atoms with Crippen LogP contribution in [0.4, 0.5) is 0 Å². The highest BCUT2D eigenvalue weighted by atomic mass is 16.3. The van der Waals surface area contributed by atoms with Gasteiger partial charge in [0, 0.05) is 6.42 Å². The van der Waals surface area contributed by atoms with Crippen LogP contribution in [0.5, 0.6) is 0 Å². The molecular formula is C29H46O2. The van der Waals surface area contributed by atoms with Crippen LogP contribution < -0.4 is 0 Å². The second-order valence-corrected chi connectivity index (χ2v) is 12.6. The van der Waals surface area contributed by atoms with Gasteiger partial charge in [-0.15, -0.1) is 0 Å². The topological polar surface area (TPSA) is 37.3 Å². The van der Waals surface area contributed by atoms with Gasteiger partial charge in [-0.1, -0.05) is 59.3 Å². The molecule has 4 rings (SSSR count). The zero-order valence-electron chi connectivity index (χ0n) is 21.0. The second kappa shape index (κ2) is 8.15. The number of hydrogen-bond donors (Lipinski definition) is 1. The van der Waals surface area contributed by atoms with Crippen molar-refractivity contribution in [2.75, 3.05) is 0 Å². The van der Waals surface area contributed by atoms with Gasteiger partial charge in [0.05, 0.1) is 6.10 Å². The largest absolute Gasteiger partial charge is 0.393 e. The van der Waals surface area contributed by atoms with Crippen LogP contribution in [0.25, 0.3) is 0 Å². The summed E-state index contributed by atoms with van der Waals surface area (Å²) >= 11 is 0. The van der Waals surface area contributed by atoms with E-state index in [0.717, 1.165) is 17.9 Å². The lowest BCUT2D eigenvalue weighted by atomic mass is 9.47. The van der Waals surface area contributed by atoms with Crippen molar-refractivity contribution >= 4 is 5.78 Å². The highest BCUT2D eigenvalue weighted by Gasteiger charge is 2.57. The molecule has 0 aromatic carbocycles. The Bertz CT molecular complexity index is 776. The lowest BCUT2D eigenvalue weighted by Gasteiger charge is -2.58. The fourth-order valence-corrected chi connectivity index (χ4v) is 8.79. The summed E-state index contributed by atoms with van der Waals surface area (Å²) in [6.45, 7) is 17.9. The van der Waals surface area contributed by atoms with E-state index in [9.17, 15) is 9.90 Å². The monoisotopic (exact) mass is 426 g/mol. The van der Waals surface area contributed by atoms with Crippen LogP contribution in [0.3, 0.4) is 0 Å². The third-order valence-corrected chi connectivity index (χ3v) is 10.8. The second-order valence-electron chi connectivity index (χ2n) is 12.6. The van der Waals surface area contributed by atoms with E-state index in [4.69, 9.17) is 0 Å². The Morgan fingerprint density at radius 1 is 1.10 bits per heavy atom. The van der Waals surface area contributed by atoms with Crippen LogP contribution in [-0.2, 0) is 4.79 Å². The highest BCUT2D eigenvalue weighted by Crippen LogP contribution is 2.66. The van der Waals surface area contributed by atoms with Gasteiger partial charge in [-0.05, 0) is 103 Å². The molecule has 4 aliphatic carbocycles. The molecule has 2 heteroatoms. The molecule has 0 aliphatic heterocycles. The van der Waals surface area contributed by atoms with E-state index in [1.807, 2.05) is 5.57 Å². The third kappa shape index (κ3) is 3.60. The van der Waals surface area contributed by atoms with Crippen molar-refractivity contribution in [2.45, 2.75) is 105 Å². The molecule has 31 heavy (non-hydrogen) atoms. The Morgan fingerprint density at radius 2 is 1.81 bits per heavy atom. The van der Waals surface area contributed by atoms with E-state index in [1.165, 1.54) is 44.9 Å². The summed E-state index contributed by atoms with van der Waals surface area (Å²) in [6.07, 6.45) is 10.3. The number of ketones is 1. The number of hydrogen-bond acceptors (Lipinski definition) is 2. The van der Waals surface area contributed by atoms with Crippen molar-refractivity contribution < 1.29 is 9.90 Å². The van der Waals surface area contributed by atoms with Crippen LogP contribution in [0, 0.1) is 46.3 Å². The summed E-state index contributed by atoms with van der Waals surface area (Å²) in [6, 6.07) is 0. The van der Waals surface area contributed by atoms with E-state index in [1.54, 1.807) is 5.57 Å². The maximum Gasteiger partial charge on any atom is 0.158 e. The van der Waals surface area contributed by atoms with Crippen LogP contribution in [0.15, 0.2) is 23.3 Å². The quantitative estimate of drug-likeness (QED) is 0.375. The van der Waals surface area contributed by atoms with Gasteiger partial charge in [0.15, 0.2) is 5.78 Å². The highest BCUT2D eigenvalue weighted by molar-refractivity contribution is 5.95. The molecule has 4 aliphatic rings. The van der Waals surface area contributed by atoms with Crippen LogP contribution in [0.2, 0.25) is 0 Å². The minimum absolute atomic E-state index is 0.101. The lowest BCUT2D eigenvalue weighted by molar-refractivity contribution is -0.117. The summed E-state index contributed by atoms with van der Waals surface area (Å²) in [5, 5.41) is 10.5. The van der Waals surface area contributed by atoms with E-state index in [2.05, 4.69) is 48.1 Å². The summed E-state index contributed by atoms with van der Waals surface area (Å²) in [4.78, 5) is 12.8. The average Bonchev–Trinajstić information content (AvgIpc) is 3.07. The Balaban J connectivity index is 1.57. The summed E-state index contributed by atoms with van der Waals surface area (Å²) < 4.78 is 0. The molecule has 3 fully saturated rings. The van der Waals surface area contributed by atoms with Gasteiger partial charge in [-0.2, -0.15) is 0 Å². The van der Waals surface area contributed by atoms with Gasteiger partial charge in [0.25, 0.3) is 0 Å². The molecule has 0 heterocycles. The number of aliphatic hydroxyl groups is 1. The first-order valence-electron chi connectivity index (χ1n) is 13.1. The molecule has 0 aromatic heterocycles. The maximum atomic E-state index is 12.8. The summed E-state index contributed by atoms with van der Waals surface area (Å²) in [7, 11) is 0. The summed E-state index contributed by atoms with van der Waals surface area (Å²) in [5.41, 5.74) is 5.05. The molecule has 8 atom stereocenters. The molecule has 3 saturated carbocycles. The number of carbonyl (C=O) groups excluding carboxylic acids is 1. The van der Waals surface area contributed by atoms with E-state index >= 15 is 0 Å². The smallest absolute Gasteiger partial charge is 0.158 e. The van der Waals surface area contributed by atoms with Gasteiger partial charge >= 0.3 is 0 Å². The number of aliphatic hydroxyl groups excluding tert-OH is 1. The van der Waals surface area contributed by atoms with Crippen molar-refractivity contribution in [2.24, 2.45) is 46.3 Å². The molecule has 0 amide bonds. The first-order chi connectivity index (χ1) is 14.5. The molecule has 0 bridgehead atoms. The Kier molecular flexibility index (Phi) is 6.12. The van der Waals surface area contributed by atoms with E-state index in [0.29, 0.717) is 35.5 Å². The minimum atomic E-state index is -0.101. The maximum absolute atomic E-state index is 12.8. The lowest BCUT2D eigenvalue weighted by Crippen LogP contribution is -2.51. The van der Waals surface area contributed by atoms with Gasteiger partial charge in [-0.3, -0.25) is 4.79 Å². The van der Waals surface area contributed by atoms with E-state index < -0.39 is 0 Å². The SMILES string of the molecule is C=C(C(=O)CC(C)C1CCC2=C3CCC4C(C)C(O)CCC4(C)C3CCC21C)C(C)C. The van der Waals surface area contributed by atoms with Gasteiger partial charge < -0.3 is 5.11 Å². The molecule has 0 radical (unpaired) electrons. The standard InChI is InChI=1S/C29H46O2/c1-17(2)19(4)27(31)16-18(3)22-10-11-24-21-8-9-23-20(5)26(30)13-15-29(23,7)25(21)12-14-28(22,24)6/h17-18,20,22-23,25-26,30H,4,8-16H2,1-3,5-7H3. The first-order valence-corrected chi connectivity index (χ1v) is 13.1. The van der Waals surface area contributed by atoms with Crippen molar-refractivity contribution in [3.05, 3.63) is 23.3 Å². The van der Waals surface area contributed by atoms with Gasteiger partial charge in [0.2, 0.25) is 0 Å². The van der Waals surface area contributed by atoms with Crippen LogP contribution in [-0.4, -0.2) is 17.0 Å². The van der Waals surface area contributed by atoms with Crippen molar-refractivity contribution in [1.82, 2.24) is 0 Å². The Morgan fingerprint density at radius 3 is 2.48 bits per heavy atom. The predicted octanol–water partition coefficient (Wildman–Crippen LogP) is 7.12. The molecule has 0 saturated heterocycles. The van der Waals surface area contributed by atoms with Crippen molar-refractivity contribution in [3.63, 3.8) is 0 Å². The molecule has 0 spiro atoms. The molecule has 0 aromatic rings. The van der Waals surface area contributed by atoms with Crippen LogP contribution in [0.1, 0.15) is 99.3 Å². The summed E-state index contributed by atoms with van der Waals surface area (Å²) in [5.74, 6) is 3.42. The van der Waals surface area contributed by atoms with Crippen LogP contribution >= 0.6 is 0 Å². The predicted molar refractivity (Wildman–Crippen MR) is 129 cm³/mol. The molecular weight excluding hydrogens is 380 g/mol. The molecule has 8 unspecified atom stereocenters. The number of Topliss-reactive ketones (excluding diaryl/α,β-unsaturated/α-hetero) is 1. The Labute approximate surface area is 191 Å². The average molecular weight is 427 g/mol. The Hall–Kier alpha value is -0.890. The molecule has 174 valence electrons. The third-order valence-electron chi connectivity index (χ3n) is 10.8. The number of allylic oxidation sites excluding steroid dienone is 3. The zero-order valence-corrected chi connectivity index (χ0v) is 21.0. The van der Waals surface area contributed by atoms with E-state index in [-0.39, 0.29) is 23.2 Å². The number of fused-ring (bicyclic) bond motifs is 4.